The number of carbonyl (C=O) groups excluding carboxylic acids is 1. The van der Waals surface area contributed by atoms with Crippen molar-refractivity contribution in [3.8, 4) is 6.07 Å². The van der Waals surface area contributed by atoms with E-state index in [2.05, 4.69) is 16.4 Å². The summed E-state index contributed by atoms with van der Waals surface area (Å²) in [5, 5.41) is 17.1. The largest absolute Gasteiger partial charge is 0.324 e. The maximum absolute atomic E-state index is 11.8. The van der Waals surface area contributed by atoms with Gasteiger partial charge in [0.2, 0.25) is 5.91 Å². The van der Waals surface area contributed by atoms with Gasteiger partial charge in [0, 0.05) is 6.54 Å². The molecule has 0 spiro atoms. The van der Waals surface area contributed by atoms with Gasteiger partial charge in [-0.25, -0.2) is 4.68 Å². The van der Waals surface area contributed by atoms with E-state index in [4.69, 9.17) is 5.26 Å². The molecule has 1 aliphatic heterocycles. The minimum absolute atomic E-state index is 0.0350. The van der Waals surface area contributed by atoms with Crippen LogP contribution in [0.3, 0.4) is 0 Å². The molecule has 2 aromatic rings. The summed E-state index contributed by atoms with van der Waals surface area (Å²) in [7, 11) is 0. The number of aromatic nitrogens is 3. The maximum Gasteiger partial charge on any atom is 0.233 e. The number of thioether (sulfide) groups is 1. The molecule has 1 aliphatic rings. The van der Waals surface area contributed by atoms with Crippen molar-refractivity contribution in [2.45, 2.75) is 18.8 Å². The molecule has 1 aromatic heterocycles. The van der Waals surface area contributed by atoms with Gasteiger partial charge in [0.25, 0.3) is 0 Å². The molecular weight excluding hydrogens is 298 g/mol. The topological polar surface area (TPSA) is 74.8 Å². The Hall–Kier alpha value is -2.33. The molecule has 0 N–H and O–H groups in total. The Bertz CT molecular complexity index is 718. The first-order valence-corrected chi connectivity index (χ1v) is 8.06. The van der Waals surface area contributed by atoms with Crippen molar-refractivity contribution >= 4 is 17.7 Å². The molecule has 0 radical (unpaired) electrons. The summed E-state index contributed by atoms with van der Waals surface area (Å²) in [6.45, 7) is 3.24. The van der Waals surface area contributed by atoms with E-state index >= 15 is 0 Å². The number of carbonyl (C=O) groups is 1. The van der Waals surface area contributed by atoms with Crippen molar-refractivity contribution in [2.75, 3.05) is 12.3 Å². The van der Waals surface area contributed by atoms with Crippen molar-refractivity contribution in [2.24, 2.45) is 0 Å². The number of benzene rings is 1. The van der Waals surface area contributed by atoms with Crippen LogP contribution in [0.15, 0.2) is 30.5 Å². The lowest BCUT2D eigenvalue weighted by Crippen LogP contribution is -2.27. The van der Waals surface area contributed by atoms with Gasteiger partial charge in [0.15, 0.2) is 0 Å². The van der Waals surface area contributed by atoms with Gasteiger partial charge < -0.3 is 4.90 Å². The first-order chi connectivity index (χ1) is 10.7. The van der Waals surface area contributed by atoms with Gasteiger partial charge in [-0.15, -0.1) is 16.9 Å². The van der Waals surface area contributed by atoms with Crippen molar-refractivity contribution in [3.63, 3.8) is 0 Å². The Morgan fingerprint density at radius 1 is 1.41 bits per heavy atom. The highest BCUT2D eigenvalue weighted by molar-refractivity contribution is 8.00. The summed E-state index contributed by atoms with van der Waals surface area (Å²) in [5.74, 6) is 0.653. The second-order valence-corrected chi connectivity index (χ2v) is 6.06. The van der Waals surface area contributed by atoms with Gasteiger partial charge in [-0.05, 0) is 24.6 Å². The predicted octanol–water partition coefficient (Wildman–Crippen LogP) is 1.79. The van der Waals surface area contributed by atoms with E-state index in [0.29, 0.717) is 24.4 Å². The molecule has 1 aromatic carbocycles. The van der Waals surface area contributed by atoms with Gasteiger partial charge in [-0.1, -0.05) is 17.3 Å². The maximum atomic E-state index is 11.8. The number of nitrogens with zero attached hydrogens (tertiary/aromatic N) is 5. The van der Waals surface area contributed by atoms with Crippen LogP contribution in [0.25, 0.3) is 0 Å². The summed E-state index contributed by atoms with van der Waals surface area (Å²) >= 11 is 1.59. The first kappa shape index (κ1) is 14.6. The predicted molar refractivity (Wildman–Crippen MR) is 82.9 cm³/mol. The minimum Gasteiger partial charge on any atom is -0.324 e. The van der Waals surface area contributed by atoms with E-state index in [9.17, 15) is 4.79 Å². The smallest absolute Gasteiger partial charge is 0.233 e. The van der Waals surface area contributed by atoms with E-state index in [1.165, 1.54) is 0 Å². The molecule has 112 valence electrons. The summed E-state index contributed by atoms with van der Waals surface area (Å²) in [5.41, 5.74) is 2.51. The lowest BCUT2D eigenvalue weighted by molar-refractivity contribution is -0.127. The zero-order valence-electron chi connectivity index (χ0n) is 12.1. The molecule has 7 heteroatoms. The average molecular weight is 313 g/mol. The molecule has 0 aliphatic carbocycles. The normalized spacial score (nSPS) is 17.7. The Labute approximate surface area is 132 Å². The van der Waals surface area contributed by atoms with Crippen molar-refractivity contribution in [1.29, 1.82) is 5.26 Å². The molecule has 1 amide bonds. The third-order valence-electron chi connectivity index (χ3n) is 3.55. The fourth-order valence-electron chi connectivity index (χ4n) is 2.42. The zero-order chi connectivity index (χ0) is 15.5. The van der Waals surface area contributed by atoms with Gasteiger partial charge in [0.05, 0.1) is 30.1 Å². The van der Waals surface area contributed by atoms with Crippen molar-refractivity contribution in [3.05, 3.63) is 47.3 Å². The molecule has 0 bridgehead atoms. The standard InChI is InChI=1S/C15H15N5OS/c1-2-20-14(21)10-22-15(20)13-9-19(18-17-13)8-12-5-3-11(7-16)4-6-12/h3-6,9,15H,2,8,10H2,1H3/t15-/m0/s1. The summed E-state index contributed by atoms with van der Waals surface area (Å²) in [6, 6.07) is 9.50. The van der Waals surface area contributed by atoms with Crippen LogP contribution < -0.4 is 0 Å². The minimum atomic E-state index is -0.0350. The number of hydrogen-bond acceptors (Lipinski definition) is 5. The molecule has 0 unspecified atom stereocenters. The van der Waals surface area contributed by atoms with Gasteiger partial charge >= 0.3 is 0 Å². The Kier molecular flexibility index (Phi) is 4.11. The average Bonchev–Trinajstić information content (AvgIpc) is 3.14. The molecule has 3 rings (SSSR count). The van der Waals surface area contributed by atoms with Crippen LogP contribution >= 0.6 is 11.8 Å². The quantitative estimate of drug-likeness (QED) is 0.860. The second kappa shape index (κ2) is 6.20. The fourth-order valence-corrected chi connectivity index (χ4v) is 3.61. The van der Waals surface area contributed by atoms with E-state index in [1.807, 2.05) is 30.2 Å². The third kappa shape index (κ3) is 2.83. The third-order valence-corrected chi connectivity index (χ3v) is 4.77. The number of rotatable bonds is 4. The van der Waals surface area contributed by atoms with Crippen molar-refractivity contribution in [1.82, 2.24) is 19.9 Å². The van der Waals surface area contributed by atoms with Crippen LogP contribution in [0.4, 0.5) is 0 Å². The van der Waals surface area contributed by atoms with Crippen LogP contribution in [-0.4, -0.2) is 38.1 Å². The fraction of sp³-hybridized carbons (Fsp3) is 0.333. The second-order valence-electron chi connectivity index (χ2n) is 4.99. The summed E-state index contributed by atoms with van der Waals surface area (Å²) < 4.78 is 1.76. The van der Waals surface area contributed by atoms with Gasteiger partial charge in [0.1, 0.15) is 11.1 Å². The summed E-state index contributed by atoms with van der Waals surface area (Å²) in [6.07, 6.45) is 1.89. The Morgan fingerprint density at radius 2 is 2.18 bits per heavy atom. The lowest BCUT2D eigenvalue weighted by atomic mass is 10.1. The zero-order valence-corrected chi connectivity index (χ0v) is 13.0. The van der Waals surface area contributed by atoms with Crippen LogP contribution in [0.2, 0.25) is 0 Å². The highest BCUT2D eigenvalue weighted by Crippen LogP contribution is 2.37. The van der Waals surface area contributed by atoms with Gasteiger partial charge in [-0.2, -0.15) is 5.26 Å². The van der Waals surface area contributed by atoms with E-state index in [0.717, 1.165) is 11.3 Å². The Morgan fingerprint density at radius 3 is 2.86 bits per heavy atom. The van der Waals surface area contributed by atoms with Crippen LogP contribution in [0, 0.1) is 11.3 Å². The molecular formula is C15H15N5OS. The molecule has 6 nitrogen and oxygen atoms in total. The number of nitriles is 1. The highest BCUT2D eigenvalue weighted by atomic mass is 32.2. The lowest BCUT2D eigenvalue weighted by Gasteiger charge is -2.19. The Balaban J connectivity index is 1.73. The highest BCUT2D eigenvalue weighted by Gasteiger charge is 2.33. The van der Waals surface area contributed by atoms with Gasteiger partial charge in [-0.3, -0.25) is 4.79 Å². The molecule has 0 saturated carbocycles. The van der Waals surface area contributed by atoms with Crippen molar-refractivity contribution < 1.29 is 4.79 Å². The molecule has 1 saturated heterocycles. The molecule has 22 heavy (non-hydrogen) atoms. The summed E-state index contributed by atoms with van der Waals surface area (Å²) in [4.78, 5) is 13.6. The number of hydrogen-bond donors (Lipinski definition) is 0. The van der Waals surface area contributed by atoms with Crippen LogP contribution in [-0.2, 0) is 11.3 Å². The molecule has 1 fully saturated rings. The number of amides is 1. The monoisotopic (exact) mass is 313 g/mol. The van der Waals surface area contributed by atoms with E-state index in [-0.39, 0.29) is 11.3 Å². The van der Waals surface area contributed by atoms with Crippen LogP contribution in [0.1, 0.15) is 29.1 Å². The van der Waals surface area contributed by atoms with E-state index in [1.54, 1.807) is 28.6 Å². The SMILES string of the molecule is CCN1C(=O)CS[C@H]1c1cn(Cc2ccc(C#N)cc2)nn1. The first-order valence-electron chi connectivity index (χ1n) is 7.01. The molecule has 1 atom stereocenters. The van der Waals surface area contributed by atoms with Crippen LogP contribution in [0.5, 0.6) is 0 Å². The van der Waals surface area contributed by atoms with E-state index < -0.39 is 0 Å². The molecule has 2 heterocycles.